The Labute approximate surface area is 133 Å². The van der Waals surface area contributed by atoms with Crippen LogP contribution in [-0.2, 0) is 12.8 Å². The van der Waals surface area contributed by atoms with Crippen molar-refractivity contribution in [2.24, 2.45) is 0 Å². The van der Waals surface area contributed by atoms with E-state index < -0.39 is 0 Å². The summed E-state index contributed by atoms with van der Waals surface area (Å²) < 4.78 is 19.9. The SMILES string of the molecule is CNC(Cc1cccc(OC)c1)Cc1ccc(Br)cc1F. The van der Waals surface area contributed by atoms with Crippen molar-refractivity contribution in [3.63, 3.8) is 0 Å². The minimum atomic E-state index is -0.171. The molecule has 0 heterocycles. The highest BCUT2D eigenvalue weighted by Crippen LogP contribution is 2.19. The number of rotatable bonds is 6. The zero-order valence-electron chi connectivity index (χ0n) is 12.2. The van der Waals surface area contributed by atoms with Crippen LogP contribution in [0.3, 0.4) is 0 Å². The van der Waals surface area contributed by atoms with Crippen LogP contribution in [0.1, 0.15) is 11.1 Å². The van der Waals surface area contributed by atoms with Gasteiger partial charge in [-0.25, -0.2) is 4.39 Å². The molecule has 0 aliphatic rings. The molecule has 0 spiro atoms. The average Bonchev–Trinajstić information content (AvgIpc) is 2.49. The number of benzene rings is 2. The Morgan fingerprint density at radius 1 is 1.19 bits per heavy atom. The molecule has 1 atom stereocenters. The molecule has 0 saturated carbocycles. The van der Waals surface area contributed by atoms with Gasteiger partial charge < -0.3 is 10.1 Å². The van der Waals surface area contributed by atoms with Gasteiger partial charge in [0.2, 0.25) is 0 Å². The molecule has 112 valence electrons. The van der Waals surface area contributed by atoms with Gasteiger partial charge in [-0.05, 0) is 55.3 Å². The number of nitrogens with one attached hydrogen (secondary N) is 1. The lowest BCUT2D eigenvalue weighted by Crippen LogP contribution is -2.30. The molecule has 21 heavy (non-hydrogen) atoms. The molecule has 2 nitrogen and oxygen atoms in total. The van der Waals surface area contributed by atoms with E-state index in [1.165, 1.54) is 11.6 Å². The van der Waals surface area contributed by atoms with Crippen LogP contribution in [0.4, 0.5) is 4.39 Å². The molecule has 1 unspecified atom stereocenters. The third-order valence-electron chi connectivity index (χ3n) is 3.51. The second kappa shape index (κ2) is 7.57. The Bertz CT molecular complexity index is 603. The van der Waals surface area contributed by atoms with Gasteiger partial charge in [0.15, 0.2) is 0 Å². The van der Waals surface area contributed by atoms with Crippen molar-refractivity contribution in [1.82, 2.24) is 5.32 Å². The van der Waals surface area contributed by atoms with Crippen LogP contribution >= 0.6 is 15.9 Å². The van der Waals surface area contributed by atoms with Gasteiger partial charge in [0.05, 0.1) is 7.11 Å². The third kappa shape index (κ3) is 4.55. The summed E-state index contributed by atoms with van der Waals surface area (Å²) >= 11 is 3.28. The van der Waals surface area contributed by atoms with Gasteiger partial charge in [0.25, 0.3) is 0 Å². The molecule has 0 bridgehead atoms. The fourth-order valence-electron chi connectivity index (χ4n) is 2.31. The lowest BCUT2D eigenvalue weighted by Gasteiger charge is -2.17. The standard InChI is InChI=1S/C17H19BrFNO/c1-20-15(8-12-4-3-5-16(9-12)21-2)10-13-6-7-14(18)11-17(13)19/h3-7,9,11,15,20H,8,10H2,1-2H3. The average molecular weight is 352 g/mol. The van der Waals surface area contributed by atoms with E-state index in [0.717, 1.165) is 22.2 Å². The summed E-state index contributed by atoms with van der Waals surface area (Å²) in [4.78, 5) is 0. The maximum atomic E-state index is 13.9. The van der Waals surface area contributed by atoms with Crippen LogP contribution in [0.2, 0.25) is 0 Å². The van der Waals surface area contributed by atoms with Gasteiger partial charge in [0.1, 0.15) is 11.6 Å². The molecule has 1 N–H and O–H groups in total. The minimum absolute atomic E-state index is 0.171. The second-order valence-corrected chi connectivity index (χ2v) is 5.90. The first-order valence-corrected chi connectivity index (χ1v) is 7.66. The van der Waals surface area contributed by atoms with Crippen molar-refractivity contribution in [3.8, 4) is 5.75 Å². The number of methoxy groups -OCH3 is 1. The highest BCUT2D eigenvalue weighted by molar-refractivity contribution is 9.10. The number of halogens is 2. The molecule has 0 aliphatic heterocycles. The smallest absolute Gasteiger partial charge is 0.127 e. The lowest BCUT2D eigenvalue weighted by atomic mass is 9.98. The summed E-state index contributed by atoms with van der Waals surface area (Å²) in [5.74, 6) is 0.674. The third-order valence-corrected chi connectivity index (χ3v) is 4.00. The van der Waals surface area contributed by atoms with E-state index in [-0.39, 0.29) is 11.9 Å². The topological polar surface area (TPSA) is 21.3 Å². The molecular formula is C17H19BrFNO. The van der Waals surface area contributed by atoms with Gasteiger partial charge >= 0.3 is 0 Å². The second-order valence-electron chi connectivity index (χ2n) is 4.98. The largest absolute Gasteiger partial charge is 0.497 e. The Balaban J connectivity index is 2.09. The van der Waals surface area contributed by atoms with Crippen molar-refractivity contribution in [2.75, 3.05) is 14.2 Å². The molecule has 2 aromatic rings. The molecule has 0 aliphatic carbocycles. The van der Waals surface area contributed by atoms with Gasteiger partial charge in [-0.2, -0.15) is 0 Å². The molecule has 0 radical (unpaired) electrons. The fourth-order valence-corrected chi connectivity index (χ4v) is 2.65. The first kappa shape index (κ1) is 16.0. The van der Waals surface area contributed by atoms with E-state index in [0.29, 0.717) is 6.42 Å². The Morgan fingerprint density at radius 3 is 2.67 bits per heavy atom. The van der Waals surface area contributed by atoms with E-state index in [1.54, 1.807) is 7.11 Å². The van der Waals surface area contributed by atoms with Gasteiger partial charge in [-0.3, -0.25) is 0 Å². The first-order valence-electron chi connectivity index (χ1n) is 6.86. The monoisotopic (exact) mass is 351 g/mol. The molecule has 0 fully saturated rings. The maximum Gasteiger partial charge on any atom is 0.127 e. The van der Waals surface area contributed by atoms with E-state index in [1.807, 2.05) is 37.4 Å². The minimum Gasteiger partial charge on any atom is -0.497 e. The normalized spacial score (nSPS) is 12.2. The van der Waals surface area contributed by atoms with E-state index in [2.05, 4.69) is 27.3 Å². The summed E-state index contributed by atoms with van der Waals surface area (Å²) in [6.07, 6.45) is 1.47. The van der Waals surface area contributed by atoms with Crippen molar-refractivity contribution in [3.05, 3.63) is 63.9 Å². The molecule has 0 saturated heterocycles. The van der Waals surface area contributed by atoms with Crippen LogP contribution in [0.25, 0.3) is 0 Å². The highest BCUT2D eigenvalue weighted by atomic mass is 79.9. The van der Waals surface area contributed by atoms with Crippen LogP contribution in [0, 0.1) is 5.82 Å². The number of likely N-dealkylation sites (N-methyl/N-ethyl adjacent to an activating group) is 1. The number of hydrogen-bond acceptors (Lipinski definition) is 2. The summed E-state index contributed by atoms with van der Waals surface area (Å²) in [6.45, 7) is 0. The molecular weight excluding hydrogens is 333 g/mol. The summed E-state index contributed by atoms with van der Waals surface area (Å²) in [7, 11) is 3.56. The summed E-state index contributed by atoms with van der Waals surface area (Å²) in [6, 6.07) is 13.4. The van der Waals surface area contributed by atoms with Crippen molar-refractivity contribution >= 4 is 15.9 Å². The predicted octanol–water partition coefficient (Wildman–Crippen LogP) is 3.97. The summed E-state index contributed by atoms with van der Waals surface area (Å²) in [5, 5.41) is 3.26. The van der Waals surface area contributed by atoms with Crippen LogP contribution < -0.4 is 10.1 Å². The van der Waals surface area contributed by atoms with E-state index in [4.69, 9.17) is 4.74 Å². The van der Waals surface area contributed by atoms with Gasteiger partial charge in [-0.15, -0.1) is 0 Å². The highest BCUT2D eigenvalue weighted by Gasteiger charge is 2.12. The quantitative estimate of drug-likeness (QED) is 0.850. The summed E-state index contributed by atoms with van der Waals surface area (Å²) in [5.41, 5.74) is 1.90. The van der Waals surface area contributed by atoms with Gasteiger partial charge in [0, 0.05) is 10.5 Å². The maximum absolute atomic E-state index is 13.9. The molecule has 2 rings (SSSR count). The Morgan fingerprint density at radius 2 is 2.00 bits per heavy atom. The fraction of sp³-hybridized carbons (Fsp3) is 0.294. The molecule has 2 aromatic carbocycles. The molecule has 4 heteroatoms. The van der Waals surface area contributed by atoms with Crippen molar-refractivity contribution < 1.29 is 9.13 Å². The zero-order chi connectivity index (χ0) is 15.2. The predicted molar refractivity (Wildman–Crippen MR) is 87.3 cm³/mol. The zero-order valence-corrected chi connectivity index (χ0v) is 13.8. The lowest BCUT2D eigenvalue weighted by molar-refractivity contribution is 0.414. The van der Waals surface area contributed by atoms with Crippen molar-refractivity contribution in [2.45, 2.75) is 18.9 Å². The van der Waals surface area contributed by atoms with Crippen LogP contribution in [0.5, 0.6) is 5.75 Å². The number of hydrogen-bond donors (Lipinski definition) is 1. The Hall–Kier alpha value is -1.39. The molecule has 0 aromatic heterocycles. The van der Waals surface area contributed by atoms with Crippen molar-refractivity contribution in [1.29, 1.82) is 0 Å². The van der Waals surface area contributed by atoms with Crippen LogP contribution in [-0.4, -0.2) is 20.2 Å². The van der Waals surface area contributed by atoms with E-state index in [9.17, 15) is 4.39 Å². The van der Waals surface area contributed by atoms with Crippen LogP contribution in [0.15, 0.2) is 46.9 Å². The first-order chi connectivity index (χ1) is 10.1. The Kier molecular flexibility index (Phi) is 5.76. The molecule has 0 amide bonds. The number of ether oxygens (including phenoxy) is 1. The van der Waals surface area contributed by atoms with Gasteiger partial charge in [-0.1, -0.05) is 34.1 Å². The van der Waals surface area contributed by atoms with E-state index >= 15 is 0 Å².